The summed E-state index contributed by atoms with van der Waals surface area (Å²) in [7, 11) is 0. The van der Waals surface area contributed by atoms with Crippen molar-refractivity contribution in [2.24, 2.45) is 0 Å². The van der Waals surface area contributed by atoms with Gasteiger partial charge in [0.2, 0.25) is 5.95 Å². The number of hydrogen-bond acceptors (Lipinski definition) is 4. The number of carbonyl (C=O) groups is 1. The summed E-state index contributed by atoms with van der Waals surface area (Å²) in [6.45, 7) is 5.58. The van der Waals surface area contributed by atoms with Crippen molar-refractivity contribution < 1.29 is 9.53 Å². The maximum atomic E-state index is 12.1. The van der Waals surface area contributed by atoms with Gasteiger partial charge in [-0.15, -0.1) is 0 Å². The fraction of sp³-hybridized carbons (Fsp3) is 0.385. The average molecular weight is 282 g/mol. The Morgan fingerprint density at radius 2 is 2.21 bits per heavy atom. The number of nitrogens with two attached hydrogens (primary N) is 1. The fourth-order valence-electron chi connectivity index (χ4n) is 2.06. The number of esters is 1. The van der Waals surface area contributed by atoms with Crippen molar-refractivity contribution >= 4 is 34.6 Å². The smallest absolute Gasteiger partial charge is 0.331 e. The van der Waals surface area contributed by atoms with Gasteiger partial charge < -0.3 is 10.5 Å². The lowest BCUT2D eigenvalue weighted by Crippen LogP contribution is -2.38. The van der Waals surface area contributed by atoms with Crippen LogP contribution in [0.15, 0.2) is 18.2 Å². The molecule has 102 valence electrons. The van der Waals surface area contributed by atoms with Gasteiger partial charge in [0.25, 0.3) is 0 Å². The Bertz CT molecular complexity index is 634. The zero-order chi connectivity index (χ0) is 14.2. The molecule has 0 spiro atoms. The van der Waals surface area contributed by atoms with Crippen molar-refractivity contribution in [2.45, 2.75) is 26.3 Å². The van der Waals surface area contributed by atoms with Crippen molar-refractivity contribution in [1.82, 2.24) is 9.55 Å². The third kappa shape index (κ3) is 2.26. The summed E-state index contributed by atoms with van der Waals surface area (Å²) in [5.74, 6) is -0.0914. The highest BCUT2D eigenvalue weighted by Gasteiger charge is 2.34. The van der Waals surface area contributed by atoms with Crippen molar-refractivity contribution in [2.75, 3.05) is 12.3 Å². The van der Waals surface area contributed by atoms with Gasteiger partial charge in [-0.2, -0.15) is 0 Å². The molecule has 0 aliphatic heterocycles. The molecule has 0 saturated carbocycles. The fourth-order valence-corrected chi connectivity index (χ4v) is 2.22. The van der Waals surface area contributed by atoms with Crippen LogP contribution < -0.4 is 5.73 Å². The maximum absolute atomic E-state index is 12.1. The molecule has 0 bridgehead atoms. The van der Waals surface area contributed by atoms with Crippen LogP contribution in [0.2, 0.25) is 5.02 Å². The van der Waals surface area contributed by atoms with Gasteiger partial charge >= 0.3 is 5.97 Å². The normalized spacial score (nSPS) is 11.8. The number of carbonyl (C=O) groups excluding carboxylic acids is 1. The second-order valence-corrected chi connectivity index (χ2v) is 5.15. The second kappa shape index (κ2) is 4.74. The summed E-state index contributed by atoms with van der Waals surface area (Å²) in [5.41, 5.74) is 6.40. The highest BCUT2D eigenvalue weighted by molar-refractivity contribution is 6.31. The van der Waals surface area contributed by atoms with Gasteiger partial charge in [0.15, 0.2) is 0 Å². The first-order valence-corrected chi connectivity index (χ1v) is 6.37. The molecule has 1 heterocycles. The zero-order valence-electron chi connectivity index (χ0n) is 11.1. The van der Waals surface area contributed by atoms with E-state index in [0.29, 0.717) is 17.1 Å². The van der Waals surface area contributed by atoms with E-state index >= 15 is 0 Å². The largest absolute Gasteiger partial charge is 0.464 e. The van der Waals surface area contributed by atoms with Crippen LogP contribution in [0.5, 0.6) is 0 Å². The first kappa shape index (κ1) is 13.7. The van der Waals surface area contributed by atoms with Crippen LogP contribution in [-0.2, 0) is 15.1 Å². The molecule has 2 rings (SSSR count). The molecule has 0 aliphatic carbocycles. The highest BCUT2D eigenvalue weighted by atomic mass is 35.5. The van der Waals surface area contributed by atoms with E-state index in [9.17, 15) is 4.79 Å². The lowest BCUT2D eigenvalue weighted by molar-refractivity contribution is -0.151. The molecule has 2 N–H and O–H groups in total. The van der Waals surface area contributed by atoms with Gasteiger partial charge in [0, 0.05) is 5.02 Å². The molecular weight excluding hydrogens is 266 g/mol. The number of ether oxygens (including phenoxy) is 1. The number of fused-ring (bicyclic) bond motifs is 1. The number of rotatable bonds is 3. The summed E-state index contributed by atoms with van der Waals surface area (Å²) in [5, 5.41) is 0.575. The SMILES string of the molecule is CCOC(=O)C(C)(C)n1c(N)nc2cc(Cl)ccc21. The molecule has 0 radical (unpaired) electrons. The second-order valence-electron chi connectivity index (χ2n) is 4.72. The minimum absolute atomic E-state index is 0.260. The minimum atomic E-state index is -0.928. The average Bonchev–Trinajstić information content (AvgIpc) is 2.64. The van der Waals surface area contributed by atoms with E-state index in [1.807, 2.05) is 0 Å². The van der Waals surface area contributed by atoms with Gasteiger partial charge in [0.05, 0.1) is 17.6 Å². The Labute approximate surface area is 116 Å². The summed E-state index contributed by atoms with van der Waals surface area (Å²) in [4.78, 5) is 16.3. The van der Waals surface area contributed by atoms with Gasteiger partial charge in [-0.25, -0.2) is 9.78 Å². The molecule has 0 fully saturated rings. The van der Waals surface area contributed by atoms with Crippen LogP contribution in [0.25, 0.3) is 11.0 Å². The Kier molecular flexibility index (Phi) is 3.41. The molecule has 2 aromatic rings. The number of imidazole rings is 1. The van der Waals surface area contributed by atoms with E-state index in [-0.39, 0.29) is 11.9 Å². The number of halogens is 1. The first-order chi connectivity index (χ1) is 8.87. The van der Waals surface area contributed by atoms with Crippen LogP contribution in [-0.4, -0.2) is 22.1 Å². The van der Waals surface area contributed by atoms with Crippen LogP contribution in [0.3, 0.4) is 0 Å². The molecule has 19 heavy (non-hydrogen) atoms. The predicted molar refractivity (Wildman–Crippen MR) is 75.1 cm³/mol. The van der Waals surface area contributed by atoms with E-state index in [1.54, 1.807) is 43.5 Å². The van der Waals surface area contributed by atoms with Crippen LogP contribution in [0.4, 0.5) is 5.95 Å². The summed E-state index contributed by atoms with van der Waals surface area (Å²) >= 11 is 5.93. The molecule has 5 nitrogen and oxygen atoms in total. The molecule has 6 heteroatoms. The first-order valence-electron chi connectivity index (χ1n) is 5.99. The maximum Gasteiger partial charge on any atom is 0.331 e. The molecule has 0 aliphatic rings. The van der Waals surface area contributed by atoms with E-state index in [1.165, 1.54) is 0 Å². The molecule has 0 unspecified atom stereocenters. The van der Waals surface area contributed by atoms with Crippen molar-refractivity contribution in [1.29, 1.82) is 0 Å². The summed E-state index contributed by atoms with van der Waals surface area (Å²) in [6, 6.07) is 5.25. The lowest BCUT2D eigenvalue weighted by Gasteiger charge is -2.25. The number of anilines is 1. The summed E-state index contributed by atoms with van der Waals surface area (Å²) in [6.07, 6.45) is 0. The standard InChI is InChI=1S/C13H16ClN3O2/c1-4-19-11(18)13(2,3)17-10-6-5-8(14)7-9(10)16-12(17)15/h5-7H,4H2,1-3H3,(H2,15,16). The Hall–Kier alpha value is -1.75. The Morgan fingerprint density at radius 1 is 1.53 bits per heavy atom. The van der Waals surface area contributed by atoms with Crippen molar-refractivity contribution in [3.63, 3.8) is 0 Å². The number of nitrogen functional groups attached to an aromatic ring is 1. The third-order valence-corrected chi connectivity index (χ3v) is 3.21. The van der Waals surface area contributed by atoms with Gasteiger partial charge in [0.1, 0.15) is 5.54 Å². The zero-order valence-corrected chi connectivity index (χ0v) is 11.9. The molecule has 1 aromatic carbocycles. The summed E-state index contributed by atoms with van der Waals surface area (Å²) < 4.78 is 6.75. The quantitative estimate of drug-likeness (QED) is 0.878. The highest BCUT2D eigenvalue weighted by Crippen LogP contribution is 2.29. The predicted octanol–water partition coefficient (Wildman–Crippen LogP) is 2.57. The third-order valence-electron chi connectivity index (χ3n) is 2.98. The molecule has 0 saturated heterocycles. The van der Waals surface area contributed by atoms with Crippen molar-refractivity contribution in [3.8, 4) is 0 Å². The number of aromatic nitrogens is 2. The number of hydrogen-bond donors (Lipinski definition) is 1. The van der Waals surface area contributed by atoms with Crippen molar-refractivity contribution in [3.05, 3.63) is 23.2 Å². The van der Waals surface area contributed by atoms with E-state index in [2.05, 4.69) is 4.98 Å². The Morgan fingerprint density at radius 3 is 2.84 bits per heavy atom. The van der Waals surface area contributed by atoms with E-state index in [0.717, 1.165) is 5.52 Å². The van der Waals surface area contributed by atoms with E-state index < -0.39 is 5.54 Å². The van der Waals surface area contributed by atoms with Gasteiger partial charge in [-0.3, -0.25) is 4.57 Å². The topological polar surface area (TPSA) is 70.1 Å². The number of nitrogens with zero attached hydrogens (tertiary/aromatic N) is 2. The lowest BCUT2D eigenvalue weighted by atomic mass is 10.1. The van der Waals surface area contributed by atoms with Crippen LogP contribution in [0.1, 0.15) is 20.8 Å². The van der Waals surface area contributed by atoms with Gasteiger partial charge in [-0.05, 0) is 39.0 Å². The minimum Gasteiger partial charge on any atom is -0.464 e. The van der Waals surface area contributed by atoms with E-state index in [4.69, 9.17) is 22.1 Å². The monoisotopic (exact) mass is 281 g/mol. The molecular formula is C13H16ClN3O2. The molecule has 1 aromatic heterocycles. The Balaban J connectivity index is 2.61. The van der Waals surface area contributed by atoms with Crippen LogP contribution >= 0.6 is 11.6 Å². The number of benzene rings is 1. The molecule has 0 atom stereocenters. The van der Waals surface area contributed by atoms with Gasteiger partial charge in [-0.1, -0.05) is 11.6 Å². The molecule has 0 amide bonds. The van der Waals surface area contributed by atoms with Crippen LogP contribution in [0, 0.1) is 0 Å².